The van der Waals surface area contributed by atoms with Crippen LogP contribution in [0.4, 0.5) is 0 Å². The molecule has 0 bridgehead atoms. The van der Waals surface area contributed by atoms with Gasteiger partial charge in [0.15, 0.2) is 0 Å². The smallest absolute Gasteiger partial charge is 0.137 e. The van der Waals surface area contributed by atoms with Crippen molar-refractivity contribution >= 4 is 5.78 Å². The molecule has 0 unspecified atom stereocenters. The van der Waals surface area contributed by atoms with Crippen LogP contribution in [-0.2, 0) is 17.8 Å². The van der Waals surface area contributed by atoms with E-state index in [9.17, 15) is 4.79 Å². The molecule has 0 aromatic heterocycles. The Morgan fingerprint density at radius 3 is 2.44 bits per heavy atom. The van der Waals surface area contributed by atoms with Gasteiger partial charge in [0.2, 0.25) is 0 Å². The highest BCUT2D eigenvalue weighted by atomic mass is 16.1. The number of hydrogen-bond acceptors (Lipinski definition) is 2. The Labute approximate surface area is 110 Å². The van der Waals surface area contributed by atoms with Gasteiger partial charge in [-0.2, -0.15) is 0 Å². The maximum atomic E-state index is 12.1. The summed E-state index contributed by atoms with van der Waals surface area (Å²) in [5.74, 6) is 1.01. The molecule has 0 heterocycles. The zero-order valence-electron chi connectivity index (χ0n) is 11.0. The Kier molecular flexibility index (Phi) is 4.94. The summed E-state index contributed by atoms with van der Waals surface area (Å²) in [5, 5.41) is 0. The minimum Gasteiger partial charge on any atom is -0.326 e. The van der Waals surface area contributed by atoms with E-state index in [4.69, 9.17) is 5.73 Å². The molecule has 0 atom stereocenters. The summed E-state index contributed by atoms with van der Waals surface area (Å²) in [4.78, 5) is 12.1. The molecule has 0 aliphatic heterocycles. The topological polar surface area (TPSA) is 43.1 Å². The number of rotatable bonds is 5. The Balaban J connectivity index is 1.90. The standard InChI is InChI=1S/C16H23NO/c17-12-15-9-5-4-8-14(15)11-16(18)10-13-6-2-1-3-7-13/h4-5,8-9,13H,1-3,6-7,10-12,17H2. The average Bonchev–Trinajstić information content (AvgIpc) is 2.40. The van der Waals surface area contributed by atoms with Gasteiger partial charge in [-0.3, -0.25) is 4.79 Å². The van der Waals surface area contributed by atoms with E-state index in [0.717, 1.165) is 17.5 Å². The summed E-state index contributed by atoms with van der Waals surface area (Å²) in [6, 6.07) is 8.02. The molecule has 2 N–H and O–H groups in total. The second-order valence-electron chi connectivity index (χ2n) is 5.40. The summed E-state index contributed by atoms with van der Waals surface area (Å²) in [6.07, 6.45) is 7.76. The largest absolute Gasteiger partial charge is 0.326 e. The van der Waals surface area contributed by atoms with E-state index in [-0.39, 0.29) is 0 Å². The van der Waals surface area contributed by atoms with Crippen molar-refractivity contribution in [2.24, 2.45) is 11.7 Å². The van der Waals surface area contributed by atoms with Crippen molar-refractivity contribution in [2.45, 2.75) is 51.5 Å². The van der Waals surface area contributed by atoms with Crippen LogP contribution in [0.15, 0.2) is 24.3 Å². The van der Waals surface area contributed by atoms with Gasteiger partial charge in [0.1, 0.15) is 5.78 Å². The molecule has 2 nitrogen and oxygen atoms in total. The summed E-state index contributed by atoms with van der Waals surface area (Å²) in [7, 11) is 0. The Morgan fingerprint density at radius 2 is 1.78 bits per heavy atom. The number of carbonyl (C=O) groups excluding carboxylic acids is 1. The van der Waals surface area contributed by atoms with E-state index < -0.39 is 0 Å². The van der Waals surface area contributed by atoms with Crippen molar-refractivity contribution < 1.29 is 4.79 Å². The first-order valence-corrected chi connectivity index (χ1v) is 7.08. The molecule has 1 fully saturated rings. The van der Waals surface area contributed by atoms with E-state index in [2.05, 4.69) is 0 Å². The quantitative estimate of drug-likeness (QED) is 0.865. The molecule has 0 radical (unpaired) electrons. The van der Waals surface area contributed by atoms with Gasteiger partial charge in [-0.05, 0) is 17.0 Å². The second-order valence-corrected chi connectivity index (χ2v) is 5.40. The van der Waals surface area contributed by atoms with Gasteiger partial charge in [-0.1, -0.05) is 56.4 Å². The van der Waals surface area contributed by atoms with E-state index in [0.29, 0.717) is 24.7 Å². The van der Waals surface area contributed by atoms with Gasteiger partial charge in [0.25, 0.3) is 0 Å². The van der Waals surface area contributed by atoms with Crippen molar-refractivity contribution in [1.29, 1.82) is 0 Å². The van der Waals surface area contributed by atoms with Crippen LogP contribution >= 0.6 is 0 Å². The molecule has 2 heteroatoms. The molecule has 1 aromatic carbocycles. The van der Waals surface area contributed by atoms with Crippen LogP contribution in [0.5, 0.6) is 0 Å². The molecular formula is C16H23NO. The van der Waals surface area contributed by atoms with Crippen molar-refractivity contribution in [3.05, 3.63) is 35.4 Å². The first-order valence-electron chi connectivity index (χ1n) is 7.08. The molecular weight excluding hydrogens is 222 g/mol. The molecule has 1 aliphatic rings. The maximum absolute atomic E-state index is 12.1. The van der Waals surface area contributed by atoms with E-state index in [1.54, 1.807) is 0 Å². The fourth-order valence-corrected chi connectivity index (χ4v) is 2.93. The molecule has 1 saturated carbocycles. The fourth-order valence-electron chi connectivity index (χ4n) is 2.93. The Bertz CT molecular complexity index is 394. The lowest BCUT2D eigenvalue weighted by Crippen LogP contribution is -2.14. The summed E-state index contributed by atoms with van der Waals surface area (Å²) in [5.41, 5.74) is 7.92. The van der Waals surface area contributed by atoms with E-state index >= 15 is 0 Å². The minimum absolute atomic E-state index is 0.378. The first kappa shape index (κ1) is 13.3. The normalized spacial score (nSPS) is 16.7. The predicted molar refractivity (Wildman–Crippen MR) is 74.2 cm³/mol. The molecule has 18 heavy (non-hydrogen) atoms. The average molecular weight is 245 g/mol. The van der Waals surface area contributed by atoms with Crippen LogP contribution < -0.4 is 5.73 Å². The Morgan fingerprint density at radius 1 is 1.11 bits per heavy atom. The minimum atomic E-state index is 0.378. The third kappa shape index (κ3) is 3.67. The van der Waals surface area contributed by atoms with Crippen LogP contribution in [0.3, 0.4) is 0 Å². The molecule has 98 valence electrons. The molecule has 2 rings (SSSR count). The third-order valence-corrected chi connectivity index (χ3v) is 3.97. The fraction of sp³-hybridized carbons (Fsp3) is 0.562. The number of benzene rings is 1. The van der Waals surface area contributed by atoms with Crippen LogP contribution in [0.25, 0.3) is 0 Å². The molecule has 0 amide bonds. The zero-order chi connectivity index (χ0) is 12.8. The molecule has 1 aliphatic carbocycles. The van der Waals surface area contributed by atoms with Crippen molar-refractivity contribution in [2.75, 3.05) is 0 Å². The van der Waals surface area contributed by atoms with Gasteiger partial charge < -0.3 is 5.73 Å². The highest BCUT2D eigenvalue weighted by Crippen LogP contribution is 2.27. The number of carbonyl (C=O) groups is 1. The van der Waals surface area contributed by atoms with Gasteiger partial charge in [0.05, 0.1) is 0 Å². The van der Waals surface area contributed by atoms with Gasteiger partial charge in [-0.25, -0.2) is 0 Å². The lowest BCUT2D eigenvalue weighted by molar-refractivity contribution is -0.119. The van der Waals surface area contributed by atoms with Gasteiger partial charge >= 0.3 is 0 Å². The predicted octanol–water partition coefficient (Wildman–Crippen LogP) is 3.23. The van der Waals surface area contributed by atoms with Crippen LogP contribution in [0.2, 0.25) is 0 Å². The number of Topliss-reactive ketones (excluding diaryl/α,β-unsaturated/α-hetero) is 1. The summed E-state index contributed by atoms with van der Waals surface area (Å²) < 4.78 is 0. The monoisotopic (exact) mass is 245 g/mol. The third-order valence-electron chi connectivity index (χ3n) is 3.97. The van der Waals surface area contributed by atoms with E-state index in [1.165, 1.54) is 32.1 Å². The zero-order valence-corrected chi connectivity index (χ0v) is 11.0. The van der Waals surface area contributed by atoms with E-state index in [1.807, 2.05) is 24.3 Å². The highest BCUT2D eigenvalue weighted by molar-refractivity contribution is 5.81. The summed E-state index contributed by atoms with van der Waals surface area (Å²) >= 11 is 0. The second kappa shape index (κ2) is 6.69. The SMILES string of the molecule is NCc1ccccc1CC(=O)CC1CCCCC1. The van der Waals surface area contributed by atoms with Crippen LogP contribution in [-0.4, -0.2) is 5.78 Å². The number of nitrogens with two attached hydrogens (primary N) is 1. The maximum Gasteiger partial charge on any atom is 0.137 e. The number of hydrogen-bond donors (Lipinski definition) is 1. The molecule has 1 aromatic rings. The van der Waals surface area contributed by atoms with Gasteiger partial charge in [0, 0.05) is 19.4 Å². The van der Waals surface area contributed by atoms with Crippen molar-refractivity contribution in [1.82, 2.24) is 0 Å². The molecule has 0 saturated heterocycles. The lowest BCUT2D eigenvalue weighted by atomic mass is 9.84. The van der Waals surface area contributed by atoms with Gasteiger partial charge in [-0.15, -0.1) is 0 Å². The summed E-state index contributed by atoms with van der Waals surface area (Å²) in [6.45, 7) is 0.521. The van der Waals surface area contributed by atoms with Crippen molar-refractivity contribution in [3.63, 3.8) is 0 Å². The lowest BCUT2D eigenvalue weighted by Gasteiger charge is -2.20. The number of ketones is 1. The highest BCUT2D eigenvalue weighted by Gasteiger charge is 2.17. The Hall–Kier alpha value is -1.15. The molecule has 0 spiro atoms. The first-order chi connectivity index (χ1) is 8.79. The van der Waals surface area contributed by atoms with Crippen molar-refractivity contribution in [3.8, 4) is 0 Å². The van der Waals surface area contributed by atoms with Crippen LogP contribution in [0, 0.1) is 5.92 Å². The van der Waals surface area contributed by atoms with Crippen LogP contribution in [0.1, 0.15) is 49.7 Å².